The fraction of sp³-hybridized carbons (Fsp3) is 0.0930. The first-order chi connectivity index (χ1) is 22.5. The van der Waals surface area contributed by atoms with Crippen LogP contribution in [0.5, 0.6) is 0 Å². The maximum atomic E-state index is 4.74. The van der Waals surface area contributed by atoms with E-state index in [2.05, 4.69) is 188 Å². The Kier molecular flexibility index (Phi) is 7.82. The van der Waals surface area contributed by atoms with Crippen LogP contribution >= 0.6 is 0 Å². The van der Waals surface area contributed by atoms with E-state index in [1.54, 1.807) is 0 Å². The summed E-state index contributed by atoms with van der Waals surface area (Å²) in [6.07, 6.45) is 1.87. The molecule has 1 heterocycles. The number of para-hydroxylation sites is 3. The second-order valence-electron chi connectivity index (χ2n) is 12.6. The van der Waals surface area contributed by atoms with E-state index >= 15 is 0 Å². The topological polar surface area (TPSA) is 19.4 Å². The number of rotatable bonds is 7. The van der Waals surface area contributed by atoms with Crippen molar-refractivity contribution >= 4 is 45.0 Å². The first kappa shape index (κ1) is 29.1. The largest absolute Gasteiger partial charge is 0.310 e. The summed E-state index contributed by atoms with van der Waals surface area (Å²) in [4.78, 5) is 9.53. The predicted molar refractivity (Wildman–Crippen MR) is 195 cm³/mol. The van der Waals surface area contributed by atoms with Gasteiger partial charge in [0.15, 0.2) is 0 Å². The monoisotopic (exact) mass is 595 g/mol. The summed E-state index contributed by atoms with van der Waals surface area (Å²) in [5, 5.41) is 1.12. The van der Waals surface area contributed by atoms with E-state index in [-0.39, 0.29) is 5.41 Å². The Hall–Kier alpha value is -5.67. The smallest absolute Gasteiger partial charge is 0.0722 e. The van der Waals surface area contributed by atoms with Crippen molar-refractivity contribution in [2.24, 2.45) is 0 Å². The lowest BCUT2D eigenvalue weighted by Crippen LogP contribution is -2.19. The minimum Gasteiger partial charge on any atom is -0.310 e. The van der Waals surface area contributed by atoms with E-state index in [1.807, 2.05) is 12.3 Å². The lowest BCUT2D eigenvalue weighted by Gasteiger charge is -2.35. The standard InChI is InChI=1S/C43H37N3/c1-43(2,3)34-29-40(45(35-20-10-5-11-21-35)36-22-12-6-13-23-36)42(33-17-8-4-9-18-33)41(30-34)46(37-24-14-7-15-25-37)38-27-26-32-19-16-28-44-39(32)31-38/h4-31H,1-3H3. The van der Waals surface area contributed by atoms with Crippen molar-refractivity contribution in [2.45, 2.75) is 26.2 Å². The van der Waals surface area contributed by atoms with Crippen LogP contribution in [-0.2, 0) is 5.41 Å². The second kappa shape index (κ2) is 12.4. The molecule has 224 valence electrons. The van der Waals surface area contributed by atoms with Gasteiger partial charge < -0.3 is 9.80 Å². The van der Waals surface area contributed by atoms with Gasteiger partial charge in [-0.05, 0) is 83.3 Å². The second-order valence-corrected chi connectivity index (χ2v) is 12.6. The maximum absolute atomic E-state index is 4.74. The van der Waals surface area contributed by atoms with Gasteiger partial charge >= 0.3 is 0 Å². The Labute approximate surface area is 272 Å². The van der Waals surface area contributed by atoms with Crippen LogP contribution in [0, 0.1) is 0 Å². The Morgan fingerprint density at radius 1 is 0.457 bits per heavy atom. The number of hydrogen-bond donors (Lipinski definition) is 0. The Bertz CT molecular complexity index is 2030. The normalized spacial score (nSPS) is 11.4. The summed E-state index contributed by atoms with van der Waals surface area (Å²) >= 11 is 0. The van der Waals surface area contributed by atoms with E-state index in [4.69, 9.17) is 4.98 Å². The summed E-state index contributed by atoms with van der Waals surface area (Å²) < 4.78 is 0. The molecule has 0 N–H and O–H groups in total. The van der Waals surface area contributed by atoms with Gasteiger partial charge in [0, 0.05) is 39.9 Å². The Morgan fingerprint density at radius 2 is 0.935 bits per heavy atom. The van der Waals surface area contributed by atoms with Crippen molar-refractivity contribution < 1.29 is 0 Å². The van der Waals surface area contributed by atoms with Crippen LogP contribution in [0.1, 0.15) is 26.3 Å². The third-order valence-electron chi connectivity index (χ3n) is 8.40. The van der Waals surface area contributed by atoms with Crippen LogP contribution in [0.15, 0.2) is 170 Å². The molecule has 7 rings (SSSR count). The predicted octanol–water partition coefficient (Wildman–Crippen LogP) is 12.1. The lowest BCUT2D eigenvalue weighted by atomic mass is 9.84. The molecule has 0 aliphatic rings. The summed E-state index contributed by atoms with van der Waals surface area (Å²) in [6.45, 7) is 6.88. The van der Waals surface area contributed by atoms with Crippen LogP contribution in [0.3, 0.4) is 0 Å². The van der Waals surface area contributed by atoms with Gasteiger partial charge in [0.05, 0.1) is 16.9 Å². The number of anilines is 6. The molecule has 0 atom stereocenters. The summed E-state index contributed by atoms with van der Waals surface area (Å²) in [7, 11) is 0. The third-order valence-corrected chi connectivity index (χ3v) is 8.40. The van der Waals surface area contributed by atoms with Crippen LogP contribution in [-0.4, -0.2) is 4.98 Å². The molecule has 0 saturated heterocycles. The molecule has 0 unspecified atom stereocenters. The minimum absolute atomic E-state index is 0.120. The average Bonchev–Trinajstić information content (AvgIpc) is 3.10. The van der Waals surface area contributed by atoms with Gasteiger partial charge in [-0.1, -0.05) is 118 Å². The molecule has 0 fully saturated rings. The van der Waals surface area contributed by atoms with Crippen molar-refractivity contribution in [1.82, 2.24) is 4.98 Å². The molecular weight excluding hydrogens is 558 g/mol. The number of aromatic nitrogens is 1. The van der Waals surface area contributed by atoms with Gasteiger partial charge in [-0.15, -0.1) is 0 Å². The lowest BCUT2D eigenvalue weighted by molar-refractivity contribution is 0.590. The van der Waals surface area contributed by atoms with Crippen molar-refractivity contribution in [3.8, 4) is 11.1 Å². The zero-order chi connectivity index (χ0) is 31.5. The molecule has 0 saturated carbocycles. The summed E-state index contributed by atoms with van der Waals surface area (Å²) in [5.74, 6) is 0. The quantitative estimate of drug-likeness (QED) is 0.183. The van der Waals surface area contributed by atoms with E-state index in [9.17, 15) is 0 Å². The number of pyridine rings is 1. The fourth-order valence-electron chi connectivity index (χ4n) is 6.08. The van der Waals surface area contributed by atoms with Gasteiger partial charge in [-0.2, -0.15) is 0 Å². The molecule has 0 aliphatic carbocycles. The first-order valence-electron chi connectivity index (χ1n) is 15.8. The highest BCUT2D eigenvalue weighted by Gasteiger charge is 2.28. The average molecular weight is 596 g/mol. The van der Waals surface area contributed by atoms with Crippen LogP contribution in [0.25, 0.3) is 22.0 Å². The number of nitrogens with zero attached hydrogens (tertiary/aromatic N) is 3. The molecule has 0 spiro atoms. The molecule has 0 radical (unpaired) electrons. The highest BCUT2D eigenvalue weighted by Crippen LogP contribution is 2.50. The summed E-state index contributed by atoms with van der Waals surface area (Å²) in [5.41, 5.74) is 10.9. The van der Waals surface area contributed by atoms with Gasteiger partial charge in [0.25, 0.3) is 0 Å². The van der Waals surface area contributed by atoms with E-state index in [1.165, 1.54) is 5.56 Å². The van der Waals surface area contributed by atoms with Gasteiger partial charge in [-0.3, -0.25) is 4.98 Å². The van der Waals surface area contributed by atoms with Gasteiger partial charge in [0.2, 0.25) is 0 Å². The van der Waals surface area contributed by atoms with E-state index in [0.29, 0.717) is 0 Å². The van der Waals surface area contributed by atoms with Crippen molar-refractivity contribution in [3.05, 3.63) is 176 Å². The minimum atomic E-state index is -0.120. The number of benzene rings is 6. The summed E-state index contributed by atoms with van der Waals surface area (Å²) in [6, 6.07) is 58.3. The Morgan fingerprint density at radius 3 is 1.43 bits per heavy atom. The zero-order valence-electron chi connectivity index (χ0n) is 26.5. The molecule has 6 aromatic carbocycles. The van der Waals surface area contributed by atoms with Crippen molar-refractivity contribution in [2.75, 3.05) is 9.80 Å². The Balaban J connectivity index is 1.62. The molecule has 0 aliphatic heterocycles. The highest BCUT2D eigenvalue weighted by molar-refractivity contribution is 6.00. The molecule has 0 bridgehead atoms. The van der Waals surface area contributed by atoms with Crippen molar-refractivity contribution in [3.63, 3.8) is 0 Å². The zero-order valence-corrected chi connectivity index (χ0v) is 26.5. The molecule has 3 nitrogen and oxygen atoms in total. The fourth-order valence-corrected chi connectivity index (χ4v) is 6.08. The number of hydrogen-bond acceptors (Lipinski definition) is 3. The molecule has 46 heavy (non-hydrogen) atoms. The van der Waals surface area contributed by atoms with Gasteiger partial charge in [0.1, 0.15) is 0 Å². The molecular formula is C43H37N3. The van der Waals surface area contributed by atoms with Crippen LogP contribution in [0.4, 0.5) is 34.1 Å². The van der Waals surface area contributed by atoms with E-state index in [0.717, 1.165) is 56.2 Å². The highest BCUT2D eigenvalue weighted by atomic mass is 15.2. The van der Waals surface area contributed by atoms with E-state index < -0.39 is 0 Å². The molecule has 0 amide bonds. The van der Waals surface area contributed by atoms with Gasteiger partial charge in [-0.25, -0.2) is 0 Å². The molecule has 1 aromatic heterocycles. The first-order valence-corrected chi connectivity index (χ1v) is 15.8. The maximum Gasteiger partial charge on any atom is 0.0722 e. The van der Waals surface area contributed by atoms with Crippen LogP contribution < -0.4 is 9.80 Å². The number of fused-ring (bicyclic) bond motifs is 1. The SMILES string of the molecule is CC(C)(C)c1cc(N(c2ccccc2)c2ccccc2)c(-c2ccccc2)c(N(c2ccccc2)c2ccc3cccnc3c2)c1. The molecule has 7 aromatic rings. The van der Waals surface area contributed by atoms with Crippen LogP contribution in [0.2, 0.25) is 0 Å². The molecule has 3 heteroatoms. The van der Waals surface area contributed by atoms with Crippen molar-refractivity contribution in [1.29, 1.82) is 0 Å². The third kappa shape index (κ3) is 5.76.